The van der Waals surface area contributed by atoms with Crippen LogP contribution >= 0.6 is 34.5 Å². The molecule has 13 heteroatoms. The molecule has 4 heterocycles. The van der Waals surface area contributed by atoms with E-state index in [1.807, 2.05) is 28.5 Å². The summed E-state index contributed by atoms with van der Waals surface area (Å²) in [5.74, 6) is -0.536. The topological polar surface area (TPSA) is 108 Å². The Balaban J connectivity index is 1.27. The minimum atomic E-state index is -0.536. The Bertz CT molecular complexity index is 2180. The number of hydrogen-bond donors (Lipinski definition) is 2. The number of nitrogens with zero attached hydrogens (tertiary/aromatic N) is 7. The van der Waals surface area contributed by atoms with Gasteiger partial charge in [-0.05, 0) is 81.6 Å². The molecule has 244 valence electrons. The molecule has 0 aliphatic carbocycles. The molecule has 1 aliphatic heterocycles. The van der Waals surface area contributed by atoms with E-state index >= 15 is 0 Å². The van der Waals surface area contributed by atoms with Gasteiger partial charge in [-0.2, -0.15) is 5.26 Å². The van der Waals surface area contributed by atoms with E-state index in [1.54, 1.807) is 17.4 Å². The summed E-state index contributed by atoms with van der Waals surface area (Å²) in [5.41, 5.74) is 7.05. The van der Waals surface area contributed by atoms with Crippen LogP contribution in [0.25, 0.3) is 21.1 Å². The number of piperidine rings is 1. The van der Waals surface area contributed by atoms with Gasteiger partial charge in [0.15, 0.2) is 0 Å². The maximum atomic E-state index is 13.9. The molecule has 9 nitrogen and oxygen atoms in total. The highest BCUT2D eigenvalue weighted by Gasteiger charge is 2.29. The van der Waals surface area contributed by atoms with Gasteiger partial charge in [0.1, 0.15) is 17.6 Å². The molecular weight excluding hydrogens is 668 g/mol. The van der Waals surface area contributed by atoms with Crippen LogP contribution in [0.1, 0.15) is 62.5 Å². The fraction of sp³-hybridized carbons (Fsp3) is 0.286. The Kier molecular flexibility index (Phi) is 8.68. The number of halogens is 3. The van der Waals surface area contributed by atoms with Gasteiger partial charge in [-0.1, -0.05) is 34.5 Å². The van der Waals surface area contributed by atoms with Crippen molar-refractivity contribution >= 4 is 72.7 Å². The third-order valence-corrected chi connectivity index (χ3v) is 10.2. The van der Waals surface area contributed by atoms with E-state index in [4.69, 9.17) is 23.2 Å². The van der Waals surface area contributed by atoms with Gasteiger partial charge in [0, 0.05) is 41.6 Å². The molecule has 0 spiro atoms. The molecule has 1 unspecified atom stereocenters. The lowest BCUT2D eigenvalue weighted by molar-refractivity contribution is 0.0866. The van der Waals surface area contributed by atoms with Gasteiger partial charge in [-0.15, -0.1) is 16.4 Å². The van der Waals surface area contributed by atoms with Crippen molar-refractivity contribution in [1.29, 1.82) is 5.26 Å². The molecule has 0 radical (unpaired) electrons. The molecule has 3 aromatic heterocycles. The van der Waals surface area contributed by atoms with Crippen LogP contribution < -0.4 is 10.6 Å². The van der Waals surface area contributed by atoms with Crippen molar-refractivity contribution in [1.82, 2.24) is 29.9 Å². The molecular formula is C35H32Cl2FN9S. The Morgan fingerprint density at radius 1 is 1.02 bits per heavy atom. The summed E-state index contributed by atoms with van der Waals surface area (Å²) < 4.78 is 17.0. The van der Waals surface area contributed by atoms with Crippen LogP contribution in [0.4, 0.5) is 21.5 Å². The zero-order chi connectivity index (χ0) is 33.6. The fourth-order valence-electron chi connectivity index (χ4n) is 6.23. The number of fused-ring (bicyclic) bond motifs is 2. The van der Waals surface area contributed by atoms with Crippen molar-refractivity contribution in [3.05, 3.63) is 99.1 Å². The van der Waals surface area contributed by atoms with Gasteiger partial charge in [0.2, 0.25) is 0 Å². The number of likely N-dealkylation sites (tertiary alicyclic amines) is 1. The van der Waals surface area contributed by atoms with Crippen LogP contribution in [0, 0.1) is 17.1 Å². The first-order valence-corrected chi connectivity index (χ1v) is 17.2. The highest BCUT2D eigenvalue weighted by molar-refractivity contribution is 7.16. The van der Waals surface area contributed by atoms with E-state index in [2.05, 4.69) is 80.9 Å². The average Bonchev–Trinajstić information content (AvgIpc) is 3.75. The summed E-state index contributed by atoms with van der Waals surface area (Å²) in [7, 11) is 0. The largest absolute Gasteiger partial charge is 0.373 e. The minimum Gasteiger partial charge on any atom is -0.373 e. The molecule has 2 N–H and O–H groups in total. The maximum Gasteiger partial charge on any atom is 0.141 e. The second-order valence-corrected chi connectivity index (χ2v) is 14.6. The summed E-state index contributed by atoms with van der Waals surface area (Å²) >= 11 is 14.5. The fourth-order valence-corrected chi connectivity index (χ4v) is 7.34. The van der Waals surface area contributed by atoms with Crippen molar-refractivity contribution in [2.45, 2.75) is 51.2 Å². The van der Waals surface area contributed by atoms with Crippen molar-refractivity contribution < 1.29 is 4.39 Å². The summed E-state index contributed by atoms with van der Waals surface area (Å²) in [6.45, 7) is 8.76. The van der Waals surface area contributed by atoms with E-state index in [0.717, 1.165) is 47.4 Å². The predicted molar refractivity (Wildman–Crippen MR) is 191 cm³/mol. The number of thiazole rings is 1. The molecule has 0 amide bonds. The van der Waals surface area contributed by atoms with E-state index in [-0.39, 0.29) is 16.6 Å². The summed E-state index contributed by atoms with van der Waals surface area (Å²) in [6.07, 6.45) is 5.48. The zero-order valence-corrected chi connectivity index (χ0v) is 28.8. The molecule has 1 fully saturated rings. The maximum absolute atomic E-state index is 13.9. The van der Waals surface area contributed by atoms with Crippen LogP contribution in [0.5, 0.6) is 0 Å². The Morgan fingerprint density at radius 2 is 1.81 bits per heavy atom. The van der Waals surface area contributed by atoms with Gasteiger partial charge < -0.3 is 10.6 Å². The Hall–Kier alpha value is -4.34. The lowest BCUT2D eigenvalue weighted by atomic mass is 9.98. The van der Waals surface area contributed by atoms with Crippen LogP contribution in [0.15, 0.2) is 66.4 Å². The van der Waals surface area contributed by atoms with Crippen molar-refractivity contribution in [2.24, 2.45) is 0 Å². The summed E-state index contributed by atoms with van der Waals surface area (Å²) in [4.78, 5) is 11.5. The number of nitrogens with one attached hydrogen (secondary N) is 2. The van der Waals surface area contributed by atoms with Crippen LogP contribution in [-0.2, 0) is 0 Å². The number of anilines is 3. The lowest BCUT2D eigenvalue weighted by Crippen LogP contribution is -2.46. The molecule has 1 atom stereocenters. The van der Waals surface area contributed by atoms with Gasteiger partial charge in [0.25, 0.3) is 0 Å². The van der Waals surface area contributed by atoms with Crippen LogP contribution in [-0.4, -0.2) is 48.5 Å². The highest BCUT2D eigenvalue weighted by Crippen LogP contribution is 2.38. The molecule has 6 aromatic rings. The normalized spacial score (nSPS) is 15.1. The second kappa shape index (κ2) is 12.9. The number of aromatic nitrogens is 5. The summed E-state index contributed by atoms with van der Waals surface area (Å²) in [6, 6.07) is 16.2. The molecule has 0 saturated carbocycles. The standard InChI is InChI=1S/C35H32Cl2FN9S/c1-35(2,3)46-10-8-24(9-11-46)47-18-30(44-45-47)33(20-4-7-31-29(12-20)41-19-48-31)43-23-13-25-32(42-22-5-6-28(38)26(36)14-22)21(16-39)17-40-34(25)27(37)15-23/h4-7,12-15,17-19,24,33,43H,8-11H2,1-3H3,(H,40,42). The van der Waals surface area contributed by atoms with Crippen LogP contribution in [0.2, 0.25) is 10.0 Å². The molecule has 48 heavy (non-hydrogen) atoms. The van der Waals surface area contributed by atoms with Gasteiger partial charge in [0.05, 0.1) is 60.8 Å². The third-order valence-electron chi connectivity index (χ3n) is 8.84. The van der Waals surface area contributed by atoms with E-state index in [9.17, 15) is 9.65 Å². The highest BCUT2D eigenvalue weighted by atomic mass is 35.5. The van der Waals surface area contributed by atoms with Crippen molar-refractivity contribution in [2.75, 3.05) is 23.7 Å². The number of nitriles is 1. The van der Waals surface area contributed by atoms with E-state index in [1.165, 1.54) is 18.3 Å². The third kappa shape index (κ3) is 6.41. The molecule has 7 rings (SSSR count). The van der Waals surface area contributed by atoms with E-state index in [0.29, 0.717) is 38.6 Å². The lowest BCUT2D eigenvalue weighted by Gasteiger charge is -2.40. The van der Waals surface area contributed by atoms with Gasteiger partial charge >= 0.3 is 0 Å². The summed E-state index contributed by atoms with van der Waals surface area (Å²) in [5, 5.41) is 27.1. The number of hydrogen-bond acceptors (Lipinski definition) is 9. The SMILES string of the molecule is CC(C)(C)N1CCC(n2cc(C(Nc3cc(Cl)c4ncc(C#N)c(Nc5ccc(F)c(Cl)c5)c4c3)c3ccc4scnc4c3)nn2)CC1. The average molecular weight is 701 g/mol. The first-order valence-electron chi connectivity index (χ1n) is 15.6. The Labute approximate surface area is 291 Å². The number of benzene rings is 3. The smallest absolute Gasteiger partial charge is 0.141 e. The number of rotatable bonds is 7. The molecule has 1 aliphatic rings. The van der Waals surface area contributed by atoms with E-state index < -0.39 is 11.9 Å². The van der Waals surface area contributed by atoms with Crippen LogP contribution in [0.3, 0.4) is 0 Å². The quantitative estimate of drug-likeness (QED) is 0.170. The van der Waals surface area contributed by atoms with Crippen molar-refractivity contribution in [3.8, 4) is 6.07 Å². The monoisotopic (exact) mass is 699 g/mol. The molecule has 3 aromatic carbocycles. The first kappa shape index (κ1) is 32.2. The zero-order valence-electron chi connectivity index (χ0n) is 26.5. The Morgan fingerprint density at radius 3 is 2.56 bits per heavy atom. The van der Waals surface area contributed by atoms with Crippen molar-refractivity contribution in [3.63, 3.8) is 0 Å². The van der Waals surface area contributed by atoms with Gasteiger partial charge in [-0.3, -0.25) is 9.88 Å². The minimum absolute atomic E-state index is 0.0371. The predicted octanol–water partition coefficient (Wildman–Crippen LogP) is 9.13. The first-order chi connectivity index (χ1) is 23.1. The van der Waals surface area contributed by atoms with Gasteiger partial charge in [-0.25, -0.2) is 14.1 Å². The second-order valence-electron chi connectivity index (χ2n) is 12.9. The number of pyridine rings is 1. The molecule has 0 bridgehead atoms. The molecule has 1 saturated heterocycles.